The molecule has 396 valence electrons. The number of anilines is 3. The number of hydrogen-bond acceptors (Lipinski definition) is 14. The number of nitrogens with zero attached hydrogens (tertiary/aromatic N) is 10. The fraction of sp³-hybridized carbons (Fsp3) is 0.544. The smallest absolute Gasteiger partial charge is 0.246 e. The third kappa shape index (κ3) is 10.3. The number of aryl methyl sites for hydroxylation is 1. The molecule has 6 aliphatic rings. The highest BCUT2D eigenvalue weighted by atomic mass is 16.3. The standard InChI is InChI=1S/C57H73N13O5/c1-35(36-10-12-38(13-11-36)46-16-21-61-66(46)5)62-53(74)48-26-43(71)34-70(48)54(75)50(56(2,3)4)63-52(73)39-14-19-57(20-15-39)28-41(29-57)67-22-17-37(18-23-67)40-30-59-55(60-31-40)68-24-25-69-42(33-68)32-58-51-47(69)27-45(64-65-51)44-8-6-7-9-49(44)72/h6-13,16,21,27,30-31,35,37,39,41-43,48,50,71-72H,14-15,17-20,22-26,28-29,32-34H2,1-5H3,(H,58,65)(H,62,74)(H,63,73)/t35-,39?,41?,42-,43+,48-,50+,57?/m0/s1. The Kier molecular flexibility index (Phi) is 13.8. The number of aliphatic hydroxyl groups excluding tert-OH is 1. The minimum absolute atomic E-state index is 0.0386. The molecule has 3 aromatic heterocycles. The molecule has 5 atom stereocenters. The maximum atomic E-state index is 14.4. The van der Waals surface area contributed by atoms with E-state index in [-0.39, 0.29) is 59.9 Å². The number of β-amino-alcohol motifs (C(OH)–C–C–N with tert-alkyl or cyclic N) is 1. The van der Waals surface area contributed by atoms with Gasteiger partial charge in [0.15, 0.2) is 5.82 Å². The quantitative estimate of drug-likeness (QED) is 0.102. The Morgan fingerprint density at radius 2 is 1.59 bits per heavy atom. The summed E-state index contributed by atoms with van der Waals surface area (Å²) >= 11 is 0. The molecule has 1 spiro atoms. The molecule has 2 aromatic carbocycles. The van der Waals surface area contributed by atoms with Crippen molar-refractivity contribution < 1.29 is 24.6 Å². The van der Waals surface area contributed by atoms with Crippen LogP contribution in [0.25, 0.3) is 22.5 Å². The van der Waals surface area contributed by atoms with Crippen LogP contribution in [0.4, 0.5) is 17.5 Å². The third-order valence-corrected chi connectivity index (χ3v) is 17.6. The van der Waals surface area contributed by atoms with Crippen LogP contribution < -0.4 is 25.8 Å². The normalized spacial score (nSPS) is 25.9. The lowest BCUT2D eigenvalue weighted by molar-refractivity contribution is -0.145. The van der Waals surface area contributed by atoms with Gasteiger partial charge in [-0.2, -0.15) is 5.10 Å². The number of carbonyl (C=O) groups is 3. The second-order valence-corrected chi connectivity index (χ2v) is 23.5. The molecule has 5 aromatic rings. The fourth-order valence-corrected chi connectivity index (χ4v) is 13.1. The van der Waals surface area contributed by atoms with Gasteiger partial charge in [-0.15, -0.1) is 10.2 Å². The molecule has 0 radical (unpaired) electrons. The molecule has 0 bridgehead atoms. The summed E-state index contributed by atoms with van der Waals surface area (Å²) in [5.74, 6) is 1.24. The van der Waals surface area contributed by atoms with Crippen molar-refractivity contribution in [2.75, 3.05) is 60.9 Å². The molecule has 18 heteroatoms. The Labute approximate surface area is 439 Å². The van der Waals surface area contributed by atoms with Gasteiger partial charge in [0.2, 0.25) is 23.7 Å². The average molecular weight is 1020 g/mol. The second kappa shape index (κ2) is 20.5. The molecule has 3 saturated heterocycles. The highest BCUT2D eigenvalue weighted by Crippen LogP contribution is 2.55. The minimum Gasteiger partial charge on any atom is -0.507 e. The number of carbonyl (C=O) groups excluding carboxylic acids is 3. The molecule has 11 rings (SSSR count). The fourth-order valence-electron chi connectivity index (χ4n) is 13.1. The van der Waals surface area contributed by atoms with Crippen molar-refractivity contribution in [3.05, 3.63) is 90.4 Å². The Morgan fingerprint density at radius 1 is 0.853 bits per heavy atom. The van der Waals surface area contributed by atoms with E-state index in [0.717, 1.165) is 112 Å². The van der Waals surface area contributed by atoms with Crippen molar-refractivity contribution >= 4 is 35.2 Å². The number of aliphatic hydroxyl groups is 1. The first-order chi connectivity index (χ1) is 36.1. The summed E-state index contributed by atoms with van der Waals surface area (Å²) in [4.78, 5) is 61.0. The minimum atomic E-state index is -0.850. The lowest BCUT2D eigenvalue weighted by Crippen LogP contribution is -2.59. The second-order valence-electron chi connectivity index (χ2n) is 23.5. The van der Waals surface area contributed by atoms with Gasteiger partial charge in [-0.3, -0.25) is 19.1 Å². The molecule has 75 heavy (non-hydrogen) atoms. The first-order valence-corrected chi connectivity index (χ1v) is 27.2. The van der Waals surface area contributed by atoms with Crippen molar-refractivity contribution in [2.24, 2.45) is 23.8 Å². The lowest BCUT2D eigenvalue weighted by Gasteiger charge is -2.55. The number of phenolic OH excluding ortho intramolecular Hbond substituents is 1. The van der Waals surface area contributed by atoms with Gasteiger partial charge in [0.25, 0.3) is 0 Å². The third-order valence-electron chi connectivity index (χ3n) is 17.6. The SMILES string of the molecule is C[C@H](NC(=O)[C@@H]1C[C@@H](O)CN1C(=O)[C@@H](NC(=O)C1CCC2(CC1)CC(N1CCC(c3cnc(N4CCN5c6cc(-c7ccccc7O)nnc6NC[C@H]5C4)nc3)CC1)C2)C(C)(C)C)c1ccc(-c2ccnn2C)cc1. The molecule has 2 aliphatic carbocycles. The average Bonchev–Trinajstić information content (AvgIpc) is 4.04. The van der Waals surface area contributed by atoms with Crippen LogP contribution in [0.3, 0.4) is 0 Å². The number of piperazine rings is 1. The van der Waals surface area contributed by atoms with Crippen LogP contribution in [0.2, 0.25) is 0 Å². The van der Waals surface area contributed by atoms with Gasteiger partial charge in [-0.1, -0.05) is 57.2 Å². The van der Waals surface area contributed by atoms with E-state index >= 15 is 0 Å². The van der Waals surface area contributed by atoms with Crippen LogP contribution in [0.1, 0.15) is 109 Å². The number of rotatable bonds is 11. The van der Waals surface area contributed by atoms with Gasteiger partial charge in [0.05, 0.1) is 35.3 Å². The number of piperidine rings is 1. The maximum Gasteiger partial charge on any atom is 0.246 e. The number of likely N-dealkylation sites (tertiary alicyclic amines) is 2. The molecular weight excluding hydrogens is 947 g/mol. The Morgan fingerprint density at radius 3 is 2.28 bits per heavy atom. The van der Waals surface area contributed by atoms with E-state index in [1.807, 2.05) is 100 Å². The summed E-state index contributed by atoms with van der Waals surface area (Å²) in [7, 11) is 1.90. The molecule has 3 amide bonds. The summed E-state index contributed by atoms with van der Waals surface area (Å²) in [6.45, 7) is 13.0. The van der Waals surface area contributed by atoms with E-state index in [1.165, 1.54) is 23.3 Å². The number of para-hydroxylation sites is 1. The summed E-state index contributed by atoms with van der Waals surface area (Å²) < 4.78 is 1.81. The monoisotopic (exact) mass is 1020 g/mol. The first-order valence-electron chi connectivity index (χ1n) is 27.2. The van der Waals surface area contributed by atoms with Crippen molar-refractivity contribution in [3.63, 3.8) is 0 Å². The zero-order chi connectivity index (χ0) is 52.2. The van der Waals surface area contributed by atoms with E-state index in [9.17, 15) is 24.6 Å². The topological polar surface area (TPSA) is 210 Å². The Balaban J connectivity index is 0.626. The van der Waals surface area contributed by atoms with E-state index in [0.29, 0.717) is 23.2 Å². The Bertz CT molecular complexity index is 2860. The molecule has 0 unspecified atom stereocenters. The first kappa shape index (κ1) is 50.5. The van der Waals surface area contributed by atoms with E-state index in [2.05, 4.69) is 45.9 Å². The van der Waals surface area contributed by atoms with Crippen LogP contribution in [-0.4, -0.2) is 144 Å². The molecule has 5 N–H and O–H groups in total. The zero-order valence-electron chi connectivity index (χ0n) is 44.0. The number of amides is 3. The van der Waals surface area contributed by atoms with Crippen molar-refractivity contribution in [3.8, 4) is 28.3 Å². The van der Waals surface area contributed by atoms with Gasteiger partial charge in [-0.25, -0.2) is 9.97 Å². The van der Waals surface area contributed by atoms with E-state index in [4.69, 9.17) is 9.97 Å². The van der Waals surface area contributed by atoms with Crippen LogP contribution in [-0.2, 0) is 21.4 Å². The number of aromatic hydroxyl groups is 1. The van der Waals surface area contributed by atoms with Gasteiger partial charge in [0, 0.05) is 82.3 Å². The summed E-state index contributed by atoms with van der Waals surface area (Å²) in [6, 6.07) is 17.9. The van der Waals surface area contributed by atoms with Crippen LogP contribution in [0, 0.1) is 16.7 Å². The molecule has 5 fully saturated rings. The van der Waals surface area contributed by atoms with Crippen molar-refractivity contribution in [2.45, 2.75) is 128 Å². The number of fused-ring (bicyclic) bond motifs is 3. The molecule has 7 heterocycles. The van der Waals surface area contributed by atoms with Crippen LogP contribution >= 0.6 is 0 Å². The largest absolute Gasteiger partial charge is 0.507 e. The van der Waals surface area contributed by atoms with Gasteiger partial charge >= 0.3 is 0 Å². The summed E-state index contributed by atoms with van der Waals surface area (Å²) in [6.07, 6.45) is 13.3. The predicted octanol–water partition coefficient (Wildman–Crippen LogP) is 6.05. The Hall–Kier alpha value is -6.66. The molecule has 18 nitrogen and oxygen atoms in total. The molecule has 4 aliphatic heterocycles. The number of benzene rings is 2. The maximum absolute atomic E-state index is 14.4. The zero-order valence-corrected chi connectivity index (χ0v) is 44.0. The number of phenols is 1. The summed E-state index contributed by atoms with van der Waals surface area (Å²) in [5.41, 5.74) is 6.11. The highest BCUT2D eigenvalue weighted by Gasteiger charge is 2.50. The number of nitrogens with one attached hydrogen (secondary N) is 3. The number of aromatic nitrogens is 6. The summed E-state index contributed by atoms with van der Waals surface area (Å²) in [5, 5.41) is 44.1. The van der Waals surface area contributed by atoms with Crippen molar-refractivity contribution in [1.82, 2.24) is 50.4 Å². The van der Waals surface area contributed by atoms with Gasteiger partial charge < -0.3 is 45.8 Å². The van der Waals surface area contributed by atoms with Gasteiger partial charge in [0.1, 0.15) is 17.8 Å². The van der Waals surface area contributed by atoms with Crippen LogP contribution in [0.5, 0.6) is 5.75 Å². The number of hydrogen-bond donors (Lipinski definition) is 5. The van der Waals surface area contributed by atoms with E-state index < -0.39 is 23.6 Å². The molecular formula is C57H73N13O5. The lowest BCUT2D eigenvalue weighted by atomic mass is 9.56. The van der Waals surface area contributed by atoms with Gasteiger partial charge in [-0.05, 0) is 129 Å². The predicted molar refractivity (Wildman–Crippen MR) is 287 cm³/mol. The highest BCUT2D eigenvalue weighted by molar-refractivity contribution is 5.93. The molecule has 2 saturated carbocycles. The van der Waals surface area contributed by atoms with Crippen LogP contribution in [0.15, 0.2) is 79.3 Å². The van der Waals surface area contributed by atoms with Crippen molar-refractivity contribution in [1.29, 1.82) is 0 Å². The van der Waals surface area contributed by atoms with E-state index in [1.54, 1.807) is 18.3 Å².